The van der Waals surface area contributed by atoms with Crippen LogP contribution in [0.3, 0.4) is 0 Å². The maximum absolute atomic E-state index is 12.5. The first-order valence-electron chi connectivity index (χ1n) is 9.68. The number of hydrogen-bond donors (Lipinski definition) is 3. The van der Waals surface area contributed by atoms with Crippen molar-refractivity contribution < 1.29 is 13.2 Å². The van der Waals surface area contributed by atoms with Crippen LogP contribution in [-0.4, -0.2) is 70.2 Å². The maximum Gasteiger partial charge on any atom is 0.225 e. The Labute approximate surface area is 180 Å². The smallest absolute Gasteiger partial charge is 0.225 e. The molecular formula is C17H34IN5O3S. The Hall–Kier alpha value is -0.620. The summed E-state index contributed by atoms with van der Waals surface area (Å²) >= 11 is 0. The molecule has 1 atom stereocenters. The lowest BCUT2D eigenvalue weighted by Gasteiger charge is -2.21. The van der Waals surface area contributed by atoms with Crippen LogP contribution in [0.5, 0.6) is 0 Å². The summed E-state index contributed by atoms with van der Waals surface area (Å²) in [5.74, 6) is 1.35. The highest BCUT2D eigenvalue weighted by Crippen LogP contribution is 2.27. The van der Waals surface area contributed by atoms with Crippen LogP contribution in [0.4, 0.5) is 0 Å². The molecule has 0 aromatic heterocycles. The zero-order chi connectivity index (χ0) is 19.0. The number of rotatable bonds is 8. The molecule has 1 saturated heterocycles. The lowest BCUT2D eigenvalue weighted by molar-refractivity contribution is -0.134. The third-order valence-electron chi connectivity index (χ3n) is 5.12. The van der Waals surface area contributed by atoms with Crippen molar-refractivity contribution in [1.82, 2.24) is 20.3 Å². The number of nitrogens with one attached hydrogen (secondary N) is 3. The molecule has 8 nitrogen and oxygen atoms in total. The van der Waals surface area contributed by atoms with Crippen molar-refractivity contribution in [3.8, 4) is 0 Å². The molecule has 2 fully saturated rings. The van der Waals surface area contributed by atoms with Gasteiger partial charge in [0.1, 0.15) is 0 Å². The molecule has 1 aliphatic carbocycles. The topological polar surface area (TPSA) is 103 Å². The third kappa shape index (κ3) is 8.10. The van der Waals surface area contributed by atoms with Gasteiger partial charge in [0.05, 0.1) is 5.75 Å². The predicted octanol–water partition coefficient (Wildman–Crippen LogP) is 0.890. The van der Waals surface area contributed by atoms with Gasteiger partial charge in [-0.3, -0.25) is 9.79 Å². The minimum Gasteiger partial charge on any atom is -0.356 e. The molecule has 0 bridgehead atoms. The quantitative estimate of drug-likeness (QED) is 0.193. The zero-order valence-corrected chi connectivity index (χ0v) is 19.5. The molecule has 158 valence electrons. The van der Waals surface area contributed by atoms with Gasteiger partial charge < -0.3 is 15.5 Å². The summed E-state index contributed by atoms with van der Waals surface area (Å²) in [7, 11) is -1.41. The number of sulfonamides is 1. The maximum atomic E-state index is 12.5. The number of nitrogens with zero attached hydrogens (tertiary/aromatic N) is 2. The van der Waals surface area contributed by atoms with E-state index in [1.165, 1.54) is 12.8 Å². The summed E-state index contributed by atoms with van der Waals surface area (Å²) in [6.07, 6.45) is 6.04. The highest BCUT2D eigenvalue weighted by Gasteiger charge is 2.32. The third-order valence-corrected chi connectivity index (χ3v) is 6.52. The molecule has 1 unspecified atom stereocenters. The van der Waals surface area contributed by atoms with Crippen molar-refractivity contribution in [3.05, 3.63) is 0 Å². The van der Waals surface area contributed by atoms with Crippen LogP contribution < -0.4 is 15.4 Å². The second-order valence-corrected chi connectivity index (χ2v) is 9.14. The number of hydrogen-bond acceptors (Lipinski definition) is 4. The van der Waals surface area contributed by atoms with Crippen LogP contribution >= 0.6 is 24.0 Å². The first-order valence-corrected chi connectivity index (χ1v) is 11.3. The molecule has 1 heterocycles. The fourth-order valence-electron chi connectivity index (χ4n) is 3.52. The SMILES string of the molecule is CCS(=O)(=O)NCCCNC(=NC)NC1CCN(C(=O)C2CCCC2)C1.I. The molecule has 1 saturated carbocycles. The average Bonchev–Trinajstić information content (AvgIpc) is 3.31. The summed E-state index contributed by atoms with van der Waals surface area (Å²) in [5.41, 5.74) is 0. The molecule has 1 aliphatic heterocycles. The predicted molar refractivity (Wildman–Crippen MR) is 119 cm³/mol. The van der Waals surface area contributed by atoms with E-state index in [4.69, 9.17) is 0 Å². The van der Waals surface area contributed by atoms with Gasteiger partial charge in [-0.1, -0.05) is 12.8 Å². The van der Waals surface area contributed by atoms with Gasteiger partial charge in [0.2, 0.25) is 15.9 Å². The first kappa shape index (κ1) is 24.4. The van der Waals surface area contributed by atoms with Crippen LogP contribution in [0.2, 0.25) is 0 Å². The highest BCUT2D eigenvalue weighted by molar-refractivity contribution is 14.0. The first-order chi connectivity index (χ1) is 12.4. The minimum atomic E-state index is -3.13. The number of carbonyl (C=O) groups is 1. The van der Waals surface area contributed by atoms with Crippen LogP contribution in [-0.2, 0) is 14.8 Å². The van der Waals surface area contributed by atoms with Crippen molar-refractivity contribution in [3.63, 3.8) is 0 Å². The molecule has 0 aromatic carbocycles. The van der Waals surface area contributed by atoms with Gasteiger partial charge in [-0.15, -0.1) is 24.0 Å². The van der Waals surface area contributed by atoms with E-state index in [-0.39, 0.29) is 41.7 Å². The van der Waals surface area contributed by atoms with Crippen LogP contribution in [0.15, 0.2) is 4.99 Å². The van der Waals surface area contributed by atoms with Crippen LogP contribution in [0.1, 0.15) is 45.4 Å². The van der Waals surface area contributed by atoms with E-state index in [0.717, 1.165) is 32.4 Å². The molecule has 10 heteroatoms. The Morgan fingerprint density at radius 3 is 2.52 bits per heavy atom. The van der Waals surface area contributed by atoms with Gasteiger partial charge >= 0.3 is 0 Å². The van der Waals surface area contributed by atoms with Crippen molar-refractivity contribution in [2.24, 2.45) is 10.9 Å². The summed E-state index contributed by atoms with van der Waals surface area (Å²) in [4.78, 5) is 18.7. The molecule has 2 rings (SSSR count). The minimum absolute atomic E-state index is 0. The molecule has 27 heavy (non-hydrogen) atoms. The van der Waals surface area contributed by atoms with E-state index >= 15 is 0 Å². The summed E-state index contributed by atoms with van der Waals surface area (Å²) < 4.78 is 25.3. The fraction of sp³-hybridized carbons (Fsp3) is 0.882. The highest BCUT2D eigenvalue weighted by atomic mass is 127. The Bertz CT molecular complexity index is 593. The second-order valence-electron chi connectivity index (χ2n) is 7.05. The van der Waals surface area contributed by atoms with Crippen molar-refractivity contribution in [2.75, 3.05) is 39.0 Å². The Morgan fingerprint density at radius 2 is 1.89 bits per heavy atom. The second kappa shape index (κ2) is 12.1. The van der Waals surface area contributed by atoms with E-state index < -0.39 is 10.0 Å². The van der Waals surface area contributed by atoms with E-state index in [0.29, 0.717) is 31.4 Å². The molecule has 0 spiro atoms. The van der Waals surface area contributed by atoms with Crippen molar-refractivity contribution in [1.29, 1.82) is 0 Å². The average molecular weight is 515 g/mol. The number of amides is 1. The van der Waals surface area contributed by atoms with E-state index in [2.05, 4.69) is 20.3 Å². The largest absolute Gasteiger partial charge is 0.356 e. The number of carbonyl (C=O) groups excluding carboxylic acids is 1. The zero-order valence-electron chi connectivity index (χ0n) is 16.4. The number of halogens is 1. The summed E-state index contributed by atoms with van der Waals surface area (Å²) in [6.45, 7) is 4.19. The number of likely N-dealkylation sites (tertiary alicyclic amines) is 1. The monoisotopic (exact) mass is 515 g/mol. The Kier molecular flexibility index (Phi) is 10.9. The summed E-state index contributed by atoms with van der Waals surface area (Å²) in [6, 6.07) is 0.213. The molecule has 0 radical (unpaired) electrons. The lowest BCUT2D eigenvalue weighted by atomic mass is 10.1. The molecular weight excluding hydrogens is 481 g/mol. The molecule has 1 amide bonds. The van der Waals surface area contributed by atoms with Gasteiger partial charge in [-0.05, 0) is 32.6 Å². The van der Waals surface area contributed by atoms with E-state index in [9.17, 15) is 13.2 Å². The van der Waals surface area contributed by atoms with E-state index in [1.54, 1.807) is 14.0 Å². The Balaban J connectivity index is 0.00000364. The van der Waals surface area contributed by atoms with Crippen molar-refractivity contribution >= 4 is 45.9 Å². The number of aliphatic imine (C=N–C) groups is 1. The molecule has 2 aliphatic rings. The normalized spacial score (nSPS) is 21.2. The van der Waals surface area contributed by atoms with Gasteiger partial charge in [0.15, 0.2) is 5.96 Å². The van der Waals surface area contributed by atoms with Crippen LogP contribution in [0, 0.1) is 5.92 Å². The Morgan fingerprint density at radius 1 is 1.19 bits per heavy atom. The van der Waals surface area contributed by atoms with Gasteiger partial charge in [-0.25, -0.2) is 13.1 Å². The van der Waals surface area contributed by atoms with Gasteiger partial charge in [0, 0.05) is 45.2 Å². The fourth-order valence-corrected chi connectivity index (χ4v) is 4.18. The van der Waals surface area contributed by atoms with Crippen molar-refractivity contribution in [2.45, 2.75) is 51.5 Å². The molecule has 0 aromatic rings. The summed E-state index contributed by atoms with van der Waals surface area (Å²) in [5, 5.41) is 6.57. The van der Waals surface area contributed by atoms with Gasteiger partial charge in [0.25, 0.3) is 0 Å². The van der Waals surface area contributed by atoms with Gasteiger partial charge in [-0.2, -0.15) is 0 Å². The van der Waals surface area contributed by atoms with E-state index in [1.807, 2.05) is 4.90 Å². The standard InChI is InChI=1S/C17H33N5O3S.HI/c1-3-26(24,25)20-11-6-10-19-17(18-2)21-15-9-12-22(13-15)16(23)14-7-4-5-8-14;/h14-15,20H,3-13H2,1-2H3,(H2,18,19,21);1H. The number of guanidine groups is 1. The van der Waals surface area contributed by atoms with Crippen LogP contribution in [0.25, 0.3) is 0 Å². The molecule has 3 N–H and O–H groups in total. The lowest BCUT2D eigenvalue weighted by Crippen LogP contribution is -2.46.